The molecule has 2 aromatic heterocycles. The Morgan fingerprint density at radius 3 is 2.73 bits per heavy atom. The van der Waals surface area contributed by atoms with E-state index in [0.29, 0.717) is 20.7 Å². The van der Waals surface area contributed by atoms with Crippen LogP contribution < -0.4 is 10.9 Å². The van der Waals surface area contributed by atoms with Gasteiger partial charge in [0.1, 0.15) is 4.83 Å². The number of carbonyl (C=O) groups is 1. The summed E-state index contributed by atoms with van der Waals surface area (Å²) in [5.41, 5.74) is 2.31. The molecule has 0 aliphatic heterocycles. The molecule has 22 heavy (non-hydrogen) atoms. The lowest BCUT2D eigenvalue weighted by molar-refractivity contribution is 0.103. The molecule has 0 radical (unpaired) electrons. The number of aryl methyl sites for hydroxylation is 3. The van der Waals surface area contributed by atoms with Crippen LogP contribution >= 0.6 is 11.3 Å². The van der Waals surface area contributed by atoms with Gasteiger partial charge in [0.2, 0.25) is 0 Å². The van der Waals surface area contributed by atoms with E-state index in [4.69, 9.17) is 0 Å². The number of carbonyl (C=O) groups excluding carboxylic acids is 1. The van der Waals surface area contributed by atoms with E-state index in [0.717, 1.165) is 11.3 Å². The van der Waals surface area contributed by atoms with Gasteiger partial charge in [0.25, 0.3) is 11.5 Å². The highest BCUT2D eigenvalue weighted by Crippen LogP contribution is 2.27. The number of thiophene rings is 1. The second kappa shape index (κ2) is 5.38. The summed E-state index contributed by atoms with van der Waals surface area (Å²) in [7, 11) is 1.65. The normalized spacial score (nSPS) is 10.9. The van der Waals surface area contributed by atoms with Crippen molar-refractivity contribution in [3.8, 4) is 0 Å². The Hall–Kier alpha value is -2.47. The quantitative estimate of drug-likeness (QED) is 0.791. The van der Waals surface area contributed by atoms with Gasteiger partial charge in [-0.3, -0.25) is 9.59 Å². The molecular weight excluding hydrogens is 298 g/mol. The highest BCUT2D eigenvalue weighted by molar-refractivity contribution is 7.20. The molecule has 0 aliphatic rings. The number of nitrogens with one attached hydrogen (secondary N) is 1. The van der Waals surface area contributed by atoms with Crippen LogP contribution in [0.25, 0.3) is 10.2 Å². The summed E-state index contributed by atoms with van der Waals surface area (Å²) in [6.45, 7) is 3.72. The number of para-hydroxylation sites is 1. The summed E-state index contributed by atoms with van der Waals surface area (Å²) in [6.07, 6.45) is 1.48. The molecule has 0 saturated carbocycles. The minimum atomic E-state index is -0.211. The molecule has 5 nitrogen and oxygen atoms in total. The van der Waals surface area contributed by atoms with Crippen LogP contribution in [0.3, 0.4) is 0 Å². The molecular formula is C16H15N3O2S. The number of aromatic nitrogens is 2. The zero-order chi connectivity index (χ0) is 15.9. The van der Waals surface area contributed by atoms with Crippen LogP contribution in [-0.2, 0) is 7.05 Å². The molecule has 2 heterocycles. The van der Waals surface area contributed by atoms with Crippen LogP contribution in [0, 0.1) is 13.8 Å². The largest absolute Gasteiger partial charge is 0.321 e. The van der Waals surface area contributed by atoms with Crippen molar-refractivity contribution in [3.05, 3.63) is 57.0 Å². The highest BCUT2D eigenvalue weighted by atomic mass is 32.1. The maximum Gasteiger partial charge on any atom is 0.266 e. The molecule has 1 amide bonds. The number of fused-ring (bicyclic) bond motifs is 1. The SMILES string of the molecule is Cc1ccccc1NC(=O)c1sc2ncn(C)c(=O)c2c1C. The van der Waals surface area contributed by atoms with Crippen molar-refractivity contribution < 1.29 is 4.79 Å². The van der Waals surface area contributed by atoms with Gasteiger partial charge in [-0.05, 0) is 31.0 Å². The first-order valence-electron chi connectivity index (χ1n) is 6.80. The van der Waals surface area contributed by atoms with Crippen molar-refractivity contribution in [3.63, 3.8) is 0 Å². The number of hydrogen-bond acceptors (Lipinski definition) is 4. The molecule has 1 N–H and O–H groups in total. The van der Waals surface area contributed by atoms with Gasteiger partial charge >= 0.3 is 0 Å². The first-order valence-corrected chi connectivity index (χ1v) is 7.62. The van der Waals surface area contributed by atoms with Crippen molar-refractivity contribution in [2.24, 2.45) is 7.05 Å². The Balaban J connectivity index is 2.05. The molecule has 6 heteroatoms. The first kappa shape index (κ1) is 14.5. The van der Waals surface area contributed by atoms with Crippen molar-refractivity contribution >= 4 is 33.1 Å². The Morgan fingerprint density at radius 2 is 2.00 bits per heavy atom. The lowest BCUT2D eigenvalue weighted by Crippen LogP contribution is -2.17. The Labute approximate surface area is 131 Å². The van der Waals surface area contributed by atoms with Crippen molar-refractivity contribution in [2.75, 3.05) is 5.32 Å². The molecule has 0 bridgehead atoms. The molecule has 0 spiro atoms. The standard InChI is InChI=1S/C16H15N3O2S/c1-9-6-4-5-7-11(9)18-14(20)13-10(2)12-15(22-13)17-8-19(3)16(12)21/h4-8H,1-3H3,(H,18,20). The third-order valence-electron chi connectivity index (χ3n) is 3.61. The van der Waals surface area contributed by atoms with Gasteiger partial charge in [0.05, 0.1) is 16.6 Å². The molecule has 0 saturated heterocycles. The fourth-order valence-corrected chi connectivity index (χ4v) is 3.35. The summed E-state index contributed by atoms with van der Waals surface area (Å²) in [5.74, 6) is -0.211. The first-order chi connectivity index (χ1) is 10.5. The summed E-state index contributed by atoms with van der Waals surface area (Å²) < 4.78 is 1.42. The topological polar surface area (TPSA) is 64.0 Å². The van der Waals surface area contributed by atoms with Gasteiger partial charge in [-0.1, -0.05) is 18.2 Å². The van der Waals surface area contributed by atoms with Gasteiger partial charge < -0.3 is 9.88 Å². The van der Waals surface area contributed by atoms with Crippen molar-refractivity contribution in [2.45, 2.75) is 13.8 Å². The molecule has 112 valence electrons. The zero-order valence-corrected chi connectivity index (χ0v) is 13.3. The molecule has 3 rings (SSSR count). The van der Waals surface area contributed by atoms with Crippen LogP contribution in [-0.4, -0.2) is 15.5 Å². The second-order valence-corrected chi connectivity index (χ2v) is 6.17. The van der Waals surface area contributed by atoms with Crippen LogP contribution in [0.5, 0.6) is 0 Å². The number of nitrogens with zero attached hydrogens (tertiary/aromatic N) is 2. The number of amides is 1. The number of benzene rings is 1. The lowest BCUT2D eigenvalue weighted by atomic mass is 10.2. The maximum absolute atomic E-state index is 12.5. The van der Waals surface area contributed by atoms with Gasteiger partial charge in [0.15, 0.2) is 0 Å². The smallest absolute Gasteiger partial charge is 0.266 e. The number of hydrogen-bond donors (Lipinski definition) is 1. The molecule has 0 fully saturated rings. The molecule has 0 unspecified atom stereocenters. The van der Waals surface area contributed by atoms with Crippen LogP contribution in [0.1, 0.15) is 20.8 Å². The van der Waals surface area contributed by atoms with Crippen LogP contribution in [0.2, 0.25) is 0 Å². The van der Waals surface area contributed by atoms with E-state index in [1.165, 1.54) is 22.2 Å². The summed E-state index contributed by atoms with van der Waals surface area (Å²) >= 11 is 1.24. The van der Waals surface area contributed by atoms with Crippen molar-refractivity contribution in [1.82, 2.24) is 9.55 Å². The van der Waals surface area contributed by atoms with E-state index >= 15 is 0 Å². The second-order valence-electron chi connectivity index (χ2n) is 5.17. The molecule has 0 atom stereocenters. The number of rotatable bonds is 2. The van der Waals surface area contributed by atoms with E-state index in [2.05, 4.69) is 10.3 Å². The fraction of sp³-hybridized carbons (Fsp3) is 0.188. The van der Waals surface area contributed by atoms with Gasteiger partial charge in [-0.25, -0.2) is 4.98 Å². The predicted octanol–water partition coefficient (Wildman–Crippen LogP) is 2.86. The van der Waals surface area contributed by atoms with E-state index in [9.17, 15) is 9.59 Å². The summed E-state index contributed by atoms with van der Waals surface area (Å²) in [4.78, 5) is 30.1. The van der Waals surface area contributed by atoms with Crippen molar-refractivity contribution in [1.29, 1.82) is 0 Å². The Kier molecular flexibility index (Phi) is 3.54. The Bertz CT molecular complexity index is 940. The molecule has 0 aliphatic carbocycles. The van der Waals surface area contributed by atoms with Gasteiger partial charge in [-0.15, -0.1) is 11.3 Å². The average molecular weight is 313 g/mol. The van der Waals surface area contributed by atoms with E-state index in [1.54, 1.807) is 14.0 Å². The van der Waals surface area contributed by atoms with Gasteiger partial charge in [0, 0.05) is 12.7 Å². The summed E-state index contributed by atoms with van der Waals surface area (Å²) in [6, 6.07) is 7.58. The fourth-order valence-electron chi connectivity index (χ4n) is 2.32. The monoisotopic (exact) mass is 313 g/mol. The van der Waals surface area contributed by atoms with E-state index in [1.807, 2.05) is 31.2 Å². The van der Waals surface area contributed by atoms with Gasteiger partial charge in [-0.2, -0.15) is 0 Å². The van der Waals surface area contributed by atoms with E-state index < -0.39 is 0 Å². The van der Waals surface area contributed by atoms with E-state index in [-0.39, 0.29) is 11.5 Å². The molecule has 1 aromatic carbocycles. The average Bonchev–Trinajstić information content (AvgIpc) is 2.83. The highest BCUT2D eigenvalue weighted by Gasteiger charge is 2.19. The zero-order valence-electron chi connectivity index (χ0n) is 12.5. The third-order valence-corrected chi connectivity index (χ3v) is 4.81. The third kappa shape index (κ3) is 2.31. The maximum atomic E-state index is 12.5. The number of anilines is 1. The molecule has 3 aromatic rings. The van der Waals surface area contributed by atoms with Crippen LogP contribution in [0.4, 0.5) is 5.69 Å². The Morgan fingerprint density at radius 1 is 1.27 bits per heavy atom. The lowest BCUT2D eigenvalue weighted by Gasteiger charge is -2.07. The summed E-state index contributed by atoms with van der Waals surface area (Å²) in [5, 5.41) is 3.42. The minimum Gasteiger partial charge on any atom is -0.321 e. The predicted molar refractivity (Wildman–Crippen MR) is 88.7 cm³/mol. The van der Waals surface area contributed by atoms with Crippen LogP contribution in [0.15, 0.2) is 35.4 Å². The minimum absolute atomic E-state index is 0.131.